The zero-order valence-electron chi connectivity index (χ0n) is 11.6. The number of aryl methyl sites for hydroxylation is 1. The Morgan fingerprint density at radius 2 is 2.16 bits per heavy atom. The average Bonchev–Trinajstić information content (AvgIpc) is 2.70. The van der Waals surface area contributed by atoms with Crippen LogP contribution in [0.4, 0.5) is 0 Å². The van der Waals surface area contributed by atoms with E-state index in [0.29, 0.717) is 18.9 Å². The molecule has 1 N–H and O–H groups in total. The number of hydrogen-bond donors (Lipinski definition) is 1. The largest absolute Gasteiger partial charge is 0.343 e. The lowest BCUT2D eigenvalue weighted by molar-refractivity contribution is -0.145. The van der Waals surface area contributed by atoms with Gasteiger partial charge in [0.1, 0.15) is 6.04 Å². The first kappa shape index (κ1) is 14.1. The standard InChI is InChI=1S/C14H20N2O2S/c1-9(2)6-12-14(18)16(8-13(17)15-12)7-11-5-4-10(3)19-11/h4-5,9,12H,6-8H2,1-3H3,(H,15,17). The second kappa shape index (κ2) is 5.74. The normalized spacial score (nSPS) is 20.0. The molecular weight excluding hydrogens is 260 g/mol. The summed E-state index contributed by atoms with van der Waals surface area (Å²) in [6.07, 6.45) is 0.699. The van der Waals surface area contributed by atoms with Gasteiger partial charge in [0.15, 0.2) is 0 Å². The summed E-state index contributed by atoms with van der Waals surface area (Å²) in [4.78, 5) is 28.1. The molecule has 1 saturated heterocycles. The fourth-order valence-electron chi connectivity index (χ4n) is 2.30. The molecular formula is C14H20N2O2S. The maximum absolute atomic E-state index is 12.3. The van der Waals surface area contributed by atoms with Crippen molar-refractivity contribution in [3.63, 3.8) is 0 Å². The number of nitrogens with zero attached hydrogens (tertiary/aromatic N) is 1. The van der Waals surface area contributed by atoms with Gasteiger partial charge in [-0.15, -0.1) is 11.3 Å². The van der Waals surface area contributed by atoms with Crippen LogP contribution in [0.15, 0.2) is 12.1 Å². The number of carbonyl (C=O) groups is 2. The van der Waals surface area contributed by atoms with Crippen molar-refractivity contribution in [2.75, 3.05) is 6.54 Å². The molecule has 1 aromatic heterocycles. The number of thiophene rings is 1. The molecule has 0 bridgehead atoms. The van der Waals surface area contributed by atoms with E-state index in [4.69, 9.17) is 0 Å². The van der Waals surface area contributed by atoms with Crippen LogP contribution in [0, 0.1) is 12.8 Å². The molecule has 1 fully saturated rings. The molecule has 0 saturated carbocycles. The number of rotatable bonds is 4. The molecule has 2 rings (SSSR count). The van der Waals surface area contributed by atoms with E-state index in [2.05, 4.69) is 19.2 Å². The average molecular weight is 280 g/mol. The lowest BCUT2D eigenvalue weighted by Crippen LogP contribution is -2.57. The third-order valence-electron chi connectivity index (χ3n) is 3.13. The Bertz CT molecular complexity index is 482. The van der Waals surface area contributed by atoms with Gasteiger partial charge in [0.25, 0.3) is 0 Å². The van der Waals surface area contributed by atoms with Crippen molar-refractivity contribution in [3.8, 4) is 0 Å². The minimum atomic E-state index is -0.359. The van der Waals surface area contributed by atoms with Gasteiger partial charge in [-0.05, 0) is 31.4 Å². The monoisotopic (exact) mass is 280 g/mol. The summed E-state index contributed by atoms with van der Waals surface area (Å²) in [7, 11) is 0. The Hall–Kier alpha value is -1.36. The molecule has 1 aromatic rings. The van der Waals surface area contributed by atoms with E-state index in [-0.39, 0.29) is 24.4 Å². The molecule has 19 heavy (non-hydrogen) atoms. The van der Waals surface area contributed by atoms with Gasteiger partial charge < -0.3 is 10.2 Å². The van der Waals surface area contributed by atoms with E-state index in [1.54, 1.807) is 16.2 Å². The highest BCUT2D eigenvalue weighted by molar-refractivity contribution is 7.11. The zero-order valence-corrected chi connectivity index (χ0v) is 12.4. The van der Waals surface area contributed by atoms with Crippen LogP contribution < -0.4 is 5.32 Å². The predicted octanol–water partition coefficient (Wildman–Crippen LogP) is 1.93. The highest BCUT2D eigenvalue weighted by atomic mass is 32.1. The fourth-order valence-corrected chi connectivity index (χ4v) is 3.20. The molecule has 0 spiro atoms. The Morgan fingerprint density at radius 1 is 1.42 bits per heavy atom. The molecule has 1 unspecified atom stereocenters. The first-order valence-corrected chi connectivity index (χ1v) is 7.41. The van der Waals surface area contributed by atoms with Crippen molar-refractivity contribution in [1.29, 1.82) is 0 Å². The summed E-state index contributed by atoms with van der Waals surface area (Å²) in [5.41, 5.74) is 0. The Morgan fingerprint density at radius 3 is 2.74 bits per heavy atom. The van der Waals surface area contributed by atoms with Gasteiger partial charge in [0.2, 0.25) is 11.8 Å². The van der Waals surface area contributed by atoms with Crippen LogP contribution in [0.5, 0.6) is 0 Å². The van der Waals surface area contributed by atoms with Crippen LogP contribution in [0.2, 0.25) is 0 Å². The van der Waals surface area contributed by atoms with Crippen LogP contribution in [0.3, 0.4) is 0 Å². The van der Waals surface area contributed by atoms with Gasteiger partial charge in [-0.25, -0.2) is 0 Å². The second-order valence-electron chi connectivity index (χ2n) is 5.46. The first-order chi connectivity index (χ1) is 8.95. The van der Waals surface area contributed by atoms with Crippen molar-refractivity contribution in [2.45, 2.75) is 39.8 Å². The van der Waals surface area contributed by atoms with Gasteiger partial charge in [-0.2, -0.15) is 0 Å². The number of nitrogens with one attached hydrogen (secondary N) is 1. The van der Waals surface area contributed by atoms with Gasteiger partial charge in [-0.1, -0.05) is 13.8 Å². The molecule has 0 aliphatic carbocycles. The van der Waals surface area contributed by atoms with Gasteiger partial charge >= 0.3 is 0 Å². The number of amides is 2. The molecule has 2 amide bonds. The molecule has 104 valence electrons. The molecule has 1 aliphatic heterocycles. The highest BCUT2D eigenvalue weighted by Crippen LogP contribution is 2.19. The number of piperazine rings is 1. The molecule has 0 radical (unpaired) electrons. The van der Waals surface area contributed by atoms with Crippen LogP contribution in [-0.4, -0.2) is 29.3 Å². The van der Waals surface area contributed by atoms with Gasteiger partial charge in [0.05, 0.1) is 13.1 Å². The fraction of sp³-hybridized carbons (Fsp3) is 0.571. The Kier molecular flexibility index (Phi) is 4.24. The summed E-state index contributed by atoms with van der Waals surface area (Å²) in [5, 5.41) is 2.79. The first-order valence-electron chi connectivity index (χ1n) is 6.59. The lowest BCUT2D eigenvalue weighted by atomic mass is 10.0. The van der Waals surface area contributed by atoms with Crippen LogP contribution in [0.1, 0.15) is 30.0 Å². The molecule has 1 aliphatic rings. The molecule has 1 atom stereocenters. The summed E-state index contributed by atoms with van der Waals surface area (Å²) in [6, 6.07) is 3.71. The van der Waals surface area contributed by atoms with Crippen molar-refractivity contribution in [3.05, 3.63) is 21.9 Å². The van der Waals surface area contributed by atoms with E-state index in [0.717, 1.165) is 4.88 Å². The number of carbonyl (C=O) groups excluding carboxylic acids is 2. The Labute approximate surface area is 117 Å². The quantitative estimate of drug-likeness (QED) is 0.916. The predicted molar refractivity (Wildman–Crippen MR) is 75.9 cm³/mol. The molecule has 5 heteroatoms. The van der Waals surface area contributed by atoms with Crippen molar-refractivity contribution >= 4 is 23.2 Å². The van der Waals surface area contributed by atoms with E-state index in [1.165, 1.54) is 4.88 Å². The molecule has 0 aromatic carbocycles. The lowest BCUT2D eigenvalue weighted by Gasteiger charge is -2.33. The van der Waals surface area contributed by atoms with Crippen molar-refractivity contribution in [1.82, 2.24) is 10.2 Å². The van der Waals surface area contributed by atoms with Crippen molar-refractivity contribution < 1.29 is 9.59 Å². The molecule has 2 heterocycles. The minimum Gasteiger partial charge on any atom is -0.343 e. The summed E-state index contributed by atoms with van der Waals surface area (Å²) < 4.78 is 0. The summed E-state index contributed by atoms with van der Waals surface area (Å²) >= 11 is 1.67. The second-order valence-corrected chi connectivity index (χ2v) is 6.83. The van der Waals surface area contributed by atoms with E-state index >= 15 is 0 Å². The smallest absolute Gasteiger partial charge is 0.245 e. The SMILES string of the molecule is Cc1ccc(CN2CC(=O)NC(CC(C)C)C2=O)s1. The number of hydrogen-bond acceptors (Lipinski definition) is 3. The van der Waals surface area contributed by atoms with Crippen LogP contribution in [0.25, 0.3) is 0 Å². The summed E-state index contributed by atoms with van der Waals surface area (Å²) in [5.74, 6) is 0.371. The maximum atomic E-state index is 12.3. The minimum absolute atomic E-state index is 0.0411. The van der Waals surface area contributed by atoms with Crippen LogP contribution in [-0.2, 0) is 16.1 Å². The third kappa shape index (κ3) is 3.56. The van der Waals surface area contributed by atoms with Crippen molar-refractivity contribution in [2.24, 2.45) is 5.92 Å². The van der Waals surface area contributed by atoms with E-state index < -0.39 is 0 Å². The molecule has 4 nitrogen and oxygen atoms in total. The van der Waals surface area contributed by atoms with Crippen LogP contribution >= 0.6 is 11.3 Å². The van der Waals surface area contributed by atoms with Gasteiger partial charge in [0, 0.05) is 9.75 Å². The topological polar surface area (TPSA) is 49.4 Å². The highest BCUT2D eigenvalue weighted by Gasteiger charge is 2.32. The summed E-state index contributed by atoms with van der Waals surface area (Å²) in [6.45, 7) is 6.87. The van der Waals surface area contributed by atoms with E-state index in [9.17, 15) is 9.59 Å². The third-order valence-corrected chi connectivity index (χ3v) is 4.11. The zero-order chi connectivity index (χ0) is 14.0. The maximum Gasteiger partial charge on any atom is 0.245 e. The Balaban J connectivity index is 2.06. The van der Waals surface area contributed by atoms with Gasteiger partial charge in [-0.3, -0.25) is 9.59 Å². The van der Waals surface area contributed by atoms with E-state index in [1.807, 2.05) is 19.1 Å².